The highest BCUT2D eigenvalue weighted by molar-refractivity contribution is 7.88. The van der Waals surface area contributed by atoms with E-state index in [1.54, 1.807) is 4.31 Å². The molecule has 0 spiro atoms. The number of hydrogen-bond donors (Lipinski definition) is 0. The SMILES string of the molecule is CCCCCCCC(C)(CCCCCC)C1CCN(S(C)(=O)=O)CC1. The lowest BCUT2D eigenvalue weighted by Crippen LogP contribution is -2.42. The van der Waals surface area contributed by atoms with E-state index in [4.69, 9.17) is 0 Å². The van der Waals surface area contributed by atoms with E-state index in [-0.39, 0.29) is 0 Å². The van der Waals surface area contributed by atoms with Gasteiger partial charge in [0.25, 0.3) is 0 Å². The first-order valence-corrected chi connectivity index (χ1v) is 12.6. The average Bonchev–Trinajstić information content (AvgIpc) is 2.58. The van der Waals surface area contributed by atoms with Gasteiger partial charge in [0.1, 0.15) is 0 Å². The molecule has 0 aliphatic carbocycles. The molecular weight excluding hydrogens is 330 g/mol. The van der Waals surface area contributed by atoms with E-state index < -0.39 is 10.0 Å². The molecular formula is C21H43NO2S. The van der Waals surface area contributed by atoms with Crippen molar-refractivity contribution in [3.63, 3.8) is 0 Å². The molecule has 0 bridgehead atoms. The van der Waals surface area contributed by atoms with Crippen molar-refractivity contribution in [2.45, 2.75) is 104 Å². The van der Waals surface area contributed by atoms with Crippen LogP contribution in [0.3, 0.4) is 0 Å². The van der Waals surface area contributed by atoms with Gasteiger partial charge in [0.05, 0.1) is 6.26 Å². The molecule has 4 heteroatoms. The van der Waals surface area contributed by atoms with Crippen LogP contribution in [0.15, 0.2) is 0 Å². The molecule has 0 aromatic heterocycles. The van der Waals surface area contributed by atoms with Crippen LogP contribution in [0.5, 0.6) is 0 Å². The summed E-state index contributed by atoms with van der Waals surface area (Å²) in [7, 11) is -3.01. The summed E-state index contributed by atoms with van der Waals surface area (Å²) >= 11 is 0. The number of unbranched alkanes of at least 4 members (excludes halogenated alkanes) is 7. The Morgan fingerprint density at radius 3 is 1.72 bits per heavy atom. The second-order valence-electron chi connectivity index (χ2n) is 8.57. The van der Waals surface area contributed by atoms with Gasteiger partial charge in [0.2, 0.25) is 10.0 Å². The van der Waals surface area contributed by atoms with Gasteiger partial charge in [-0.2, -0.15) is 0 Å². The van der Waals surface area contributed by atoms with Gasteiger partial charge in [-0.1, -0.05) is 78.6 Å². The minimum atomic E-state index is -3.01. The fraction of sp³-hybridized carbons (Fsp3) is 1.00. The summed E-state index contributed by atoms with van der Waals surface area (Å²) < 4.78 is 25.3. The molecule has 1 aliphatic heterocycles. The standard InChI is InChI=1S/C21H43NO2S/c1-5-7-9-11-13-17-21(3,16-12-10-8-6-2)20-14-18-22(19-15-20)25(4,23)24/h20H,5-19H2,1-4H3. The quantitative estimate of drug-likeness (QED) is 0.372. The fourth-order valence-electron chi connectivity index (χ4n) is 4.51. The highest BCUT2D eigenvalue weighted by Gasteiger charge is 2.36. The van der Waals surface area contributed by atoms with Gasteiger partial charge in [-0.15, -0.1) is 0 Å². The van der Waals surface area contributed by atoms with Crippen LogP contribution in [-0.2, 0) is 10.0 Å². The van der Waals surface area contributed by atoms with E-state index in [2.05, 4.69) is 20.8 Å². The summed E-state index contributed by atoms with van der Waals surface area (Å²) in [6, 6.07) is 0. The molecule has 1 atom stereocenters. The van der Waals surface area contributed by atoms with E-state index in [9.17, 15) is 8.42 Å². The van der Waals surface area contributed by atoms with Crippen molar-refractivity contribution in [2.75, 3.05) is 19.3 Å². The van der Waals surface area contributed by atoms with Crippen molar-refractivity contribution in [3.05, 3.63) is 0 Å². The highest BCUT2D eigenvalue weighted by Crippen LogP contribution is 2.44. The maximum absolute atomic E-state index is 11.8. The Labute approximate surface area is 158 Å². The van der Waals surface area contributed by atoms with Crippen molar-refractivity contribution in [1.29, 1.82) is 0 Å². The molecule has 25 heavy (non-hydrogen) atoms. The molecule has 1 fully saturated rings. The third-order valence-electron chi connectivity index (χ3n) is 6.36. The second-order valence-corrected chi connectivity index (χ2v) is 10.5. The maximum Gasteiger partial charge on any atom is 0.211 e. The van der Waals surface area contributed by atoms with Crippen LogP contribution in [0.4, 0.5) is 0 Å². The van der Waals surface area contributed by atoms with E-state index in [0.29, 0.717) is 11.3 Å². The Balaban J connectivity index is 2.57. The van der Waals surface area contributed by atoms with Crippen molar-refractivity contribution >= 4 is 10.0 Å². The monoisotopic (exact) mass is 373 g/mol. The first-order valence-electron chi connectivity index (χ1n) is 10.8. The number of piperidine rings is 1. The Morgan fingerprint density at radius 1 is 0.840 bits per heavy atom. The third-order valence-corrected chi connectivity index (χ3v) is 7.66. The van der Waals surface area contributed by atoms with Crippen LogP contribution in [0.2, 0.25) is 0 Å². The van der Waals surface area contributed by atoms with Gasteiger partial charge in [0.15, 0.2) is 0 Å². The predicted octanol–water partition coefficient (Wildman–Crippen LogP) is 6.00. The van der Waals surface area contributed by atoms with Gasteiger partial charge >= 0.3 is 0 Å². The molecule has 0 N–H and O–H groups in total. The minimum absolute atomic E-state index is 0.406. The zero-order valence-corrected chi connectivity index (χ0v) is 18.2. The van der Waals surface area contributed by atoms with Crippen molar-refractivity contribution < 1.29 is 8.42 Å². The smallest absolute Gasteiger partial charge is 0.211 e. The van der Waals surface area contributed by atoms with Gasteiger partial charge in [-0.25, -0.2) is 12.7 Å². The average molecular weight is 374 g/mol. The van der Waals surface area contributed by atoms with Crippen LogP contribution in [-0.4, -0.2) is 32.1 Å². The summed E-state index contributed by atoms with van der Waals surface area (Å²) in [5.41, 5.74) is 0.406. The van der Waals surface area contributed by atoms with Crippen LogP contribution in [0, 0.1) is 11.3 Å². The molecule has 1 unspecified atom stereocenters. The molecule has 1 aliphatic rings. The van der Waals surface area contributed by atoms with E-state index in [1.807, 2.05) is 0 Å². The lowest BCUT2D eigenvalue weighted by atomic mass is 9.67. The maximum atomic E-state index is 11.8. The molecule has 0 aromatic carbocycles. The molecule has 1 rings (SSSR count). The van der Waals surface area contributed by atoms with Gasteiger partial charge in [0, 0.05) is 13.1 Å². The van der Waals surface area contributed by atoms with E-state index in [0.717, 1.165) is 25.9 Å². The largest absolute Gasteiger partial charge is 0.213 e. The Kier molecular flexibility index (Phi) is 10.6. The molecule has 1 saturated heterocycles. The van der Waals surface area contributed by atoms with Crippen LogP contribution < -0.4 is 0 Å². The van der Waals surface area contributed by atoms with Crippen LogP contribution in [0.1, 0.15) is 104 Å². The fourth-order valence-corrected chi connectivity index (χ4v) is 5.38. The molecule has 150 valence electrons. The van der Waals surface area contributed by atoms with Crippen LogP contribution >= 0.6 is 0 Å². The zero-order chi connectivity index (χ0) is 18.8. The van der Waals surface area contributed by atoms with Gasteiger partial charge in [-0.3, -0.25) is 0 Å². The number of nitrogens with zero attached hydrogens (tertiary/aromatic N) is 1. The van der Waals surface area contributed by atoms with Crippen molar-refractivity contribution in [1.82, 2.24) is 4.31 Å². The summed E-state index contributed by atoms with van der Waals surface area (Å²) in [6.45, 7) is 8.49. The van der Waals surface area contributed by atoms with Gasteiger partial charge in [-0.05, 0) is 37.0 Å². The molecule has 0 radical (unpaired) electrons. The number of sulfonamides is 1. The first kappa shape index (κ1) is 23.0. The van der Waals surface area contributed by atoms with Crippen LogP contribution in [0.25, 0.3) is 0 Å². The summed E-state index contributed by atoms with van der Waals surface area (Å²) in [5.74, 6) is 0.693. The van der Waals surface area contributed by atoms with Crippen molar-refractivity contribution in [3.8, 4) is 0 Å². The number of rotatable bonds is 13. The molecule has 0 saturated carbocycles. The zero-order valence-electron chi connectivity index (χ0n) is 17.4. The molecule has 3 nitrogen and oxygen atoms in total. The molecule has 0 amide bonds. The van der Waals surface area contributed by atoms with Crippen molar-refractivity contribution in [2.24, 2.45) is 11.3 Å². The summed E-state index contributed by atoms with van der Waals surface area (Å²) in [6.07, 6.45) is 18.2. The second kappa shape index (κ2) is 11.6. The Bertz CT molecular complexity index is 441. The summed E-state index contributed by atoms with van der Waals surface area (Å²) in [4.78, 5) is 0. The Morgan fingerprint density at radius 2 is 1.28 bits per heavy atom. The number of hydrogen-bond acceptors (Lipinski definition) is 2. The lowest BCUT2D eigenvalue weighted by Gasteiger charge is -2.43. The summed E-state index contributed by atoms with van der Waals surface area (Å²) in [5, 5.41) is 0. The lowest BCUT2D eigenvalue weighted by molar-refractivity contribution is 0.0924. The Hall–Kier alpha value is -0.0900. The highest BCUT2D eigenvalue weighted by atomic mass is 32.2. The first-order chi connectivity index (χ1) is 11.8. The topological polar surface area (TPSA) is 37.4 Å². The van der Waals surface area contributed by atoms with E-state index >= 15 is 0 Å². The minimum Gasteiger partial charge on any atom is -0.213 e. The molecule has 0 aromatic rings. The normalized spacial score (nSPS) is 19.8. The third kappa shape index (κ3) is 8.43. The molecule has 1 heterocycles. The van der Waals surface area contributed by atoms with Gasteiger partial charge < -0.3 is 0 Å². The predicted molar refractivity (Wildman–Crippen MR) is 109 cm³/mol. The van der Waals surface area contributed by atoms with E-state index in [1.165, 1.54) is 76.9 Å².